The molecule has 104 valence electrons. The molecule has 0 amide bonds. The molecule has 0 aliphatic heterocycles. The van der Waals surface area contributed by atoms with E-state index < -0.39 is 0 Å². The van der Waals surface area contributed by atoms with Crippen LogP contribution in [-0.2, 0) is 6.42 Å². The number of ether oxygens (including phenoxy) is 1. The van der Waals surface area contributed by atoms with Crippen LogP contribution in [0, 0.1) is 0 Å². The largest absolute Gasteiger partial charge is 0.492 e. The predicted molar refractivity (Wildman–Crippen MR) is 81.7 cm³/mol. The fourth-order valence-electron chi connectivity index (χ4n) is 1.96. The summed E-state index contributed by atoms with van der Waals surface area (Å²) >= 11 is 7.51. The van der Waals surface area contributed by atoms with Gasteiger partial charge < -0.3 is 10.5 Å². The number of nitrogens with two attached hydrogens (primary N) is 1. The zero-order valence-electron chi connectivity index (χ0n) is 10.7. The minimum Gasteiger partial charge on any atom is -0.492 e. The summed E-state index contributed by atoms with van der Waals surface area (Å²) in [6.45, 7) is 0.436. The Labute approximate surface area is 125 Å². The Morgan fingerprint density at radius 1 is 1.45 bits per heavy atom. The van der Waals surface area contributed by atoms with Gasteiger partial charge in [-0.25, -0.2) is 4.98 Å². The molecule has 3 rings (SSSR count). The molecule has 2 heterocycles. The summed E-state index contributed by atoms with van der Waals surface area (Å²) in [6, 6.07) is 7.21. The summed E-state index contributed by atoms with van der Waals surface area (Å²) in [4.78, 5) is 5.50. The Kier molecular flexibility index (Phi) is 3.91. The first-order valence-electron chi connectivity index (χ1n) is 6.26. The van der Waals surface area contributed by atoms with Crippen LogP contribution < -0.4 is 10.5 Å². The van der Waals surface area contributed by atoms with Crippen molar-refractivity contribution in [2.45, 2.75) is 12.5 Å². The van der Waals surface area contributed by atoms with E-state index in [0.29, 0.717) is 18.1 Å². The molecule has 1 atom stereocenters. The van der Waals surface area contributed by atoms with Gasteiger partial charge in [0.15, 0.2) is 4.96 Å². The molecule has 20 heavy (non-hydrogen) atoms. The molecule has 0 saturated heterocycles. The average molecular weight is 308 g/mol. The first kappa shape index (κ1) is 13.4. The minimum absolute atomic E-state index is 0.0985. The van der Waals surface area contributed by atoms with Crippen molar-refractivity contribution in [1.29, 1.82) is 0 Å². The SMILES string of the molecule is NC(COc1cccc(Cl)c1)Cc1cn2ccsc2n1. The fourth-order valence-corrected chi connectivity index (χ4v) is 2.86. The van der Waals surface area contributed by atoms with Gasteiger partial charge in [0, 0.05) is 35.3 Å². The molecule has 3 aromatic rings. The predicted octanol–water partition coefficient (Wildman–Crippen LogP) is 3.00. The molecule has 2 N–H and O–H groups in total. The molecule has 1 unspecified atom stereocenters. The molecule has 0 saturated carbocycles. The van der Waals surface area contributed by atoms with Crippen LogP contribution in [0.3, 0.4) is 0 Å². The normalized spacial score (nSPS) is 12.7. The Hall–Kier alpha value is -1.56. The summed E-state index contributed by atoms with van der Waals surface area (Å²) in [6.07, 6.45) is 4.69. The fraction of sp³-hybridized carbons (Fsp3) is 0.214. The number of rotatable bonds is 5. The van der Waals surface area contributed by atoms with Crippen molar-refractivity contribution in [3.8, 4) is 5.75 Å². The number of hydrogen-bond acceptors (Lipinski definition) is 4. The highest BCUT2D eigenvalue weighted by atomic mass is 35.5. The Bertz CT molecular complexity index is 681. The van der Waals surface area contributed by atoms with Gasteiger partial charge in [-0.1, -0.05) is 17.7 Å². The van der Waals surface area contributed by atoms with Crippen molar-refractivity contribution in [3.05, 3.63) is 52.8 Å². The zero-order chi connectivity index (χ0) is 13.9. The van der Waals surface area contributed by atoms with E-state index >= 15 is 0 Å². The van der Waals surface area contributed by atoms with Gasteiger partial charge in [-0.3, -0.25) is 4.40 Å². The lowest BCUT2D eigenvalue weighted by Crippen LogP contribution is -2.30. The molecule has 0 aliphatic rings. The quantitative estimate of drug-likeness (QED) is 0.788. The van der Waals surface area contributed by atoms with Crippen molar-refractivity contribution in [1.82, 2.24) is 9.38 Å². The van der Waals surface area contributed by atoms with Crippen LogP contribution in [-0.4, -0.2) is 22.0 Å². The maximum Gasteiger partial charge on any atom is 0.193 e. The Morgan fingerprint density at radius 3 is 3.15 bits per heavy atom. The summed E-state index contributed by atoms with van der Waals surface area (Å²) in [5.74, 6) is 0.735. The zero-order valence-corrected chi connectivity index (χ0v) is 12.3. The number of fused-ring (bicyclic) bond motifs is 1. The van der Waals surface area contributed by atoms with Gasteiger partial charge in [0.05, 0.1) is 5.69 Å². The summed E-state index contributed by atoms with van der Waals surface area (Å²) in [7, 11) is 0. The number of halogens is 1. The standard InChI is InChI=1S/C14H14ClN3OS/c15-10-2-1-3-13(6-10)19-9-11(16)7-12-8-18-4-5-20-14(18)17-12/h1-6,8,11H,7,9,16H2. The minimum atomic E-state index is -0.0985. The monoisotopic (exact) mass is 307 g/mol. The number of hydrogen-bond donors (Lipinski definition) is 1. The van der Waals surface area contributed by atoms with Gasteiger partial charge in [-0.15, -0.1) is 11.3 Å². The molecule has 2 aromatic heterocycles. The second-order valence-corrected chi connectivity index (χ2v) is 5.87. The number of benzene rings is 1. The van der Waals surface area contributed by atoms with E-state index in [-0.39, 0.29) is 6.04 Å². The molecule has 0 spiro atoms. The molecule has 0 fully saturated rings. The number of imidazole rings is 1. The van der Waals surface area contributed by atoms with Crippen LogP contribution >= 0.6 is 22.9 Å². The summed E-state index contributed by atoms with van der Waals surface area (Å²) < 4.78 is 7.64. The van der Waals surface area contributed by atoms with Crippen LogP contribution in [0.1, 0.15) is 5.69 Å². The highest BCUT2D eigenvalue weighted by Crippen LogP contribution is 2.17. The highest BCUT2D eigenvalue weighted by molar-refractivity contribution is 7.15. The smallest absolute Gasteiger partial charge is 0.193 e. The van der Waals surface area contributed by atoms with Crippen LogP contribution in [0.2, 0.25) is 5.02 Å². The second-order valence-electron chi connectivity index (χ2n) is 4.56. The molecular formula is C14H14ClN3OS. The third-order valence-corrected chi connectivity index (χ3v) is 3.88. The third kappa shape index (κ3) is 3.12. The van der Waals surface area contributed by atoms with Crippen molar-refractivity contribution in [2.75, 3.05) is 6.61 Å². The third-order valence-electron chi connectivity index (χ3n) is 2.87. The lowest BCUT2D eigenvalue weighted by atomic mass is 10.2. The van der Waals surface area contributed by atoms with Gasteiger partial charge in [0.2, 0.25) is 0 Å². The van der Waals surface area contributed by atoms with Crippen LogP contribution in [0.4, 0.5) is 0 Å². The molecule has 1 aromatic carbocycles. The Morgan fingerprint density at radius 2 is 2.35 bits per heavy atom. The number of nitrogens with zero attached hydrogens (tertiary/aromatic N) is 2. The highest BCUT2D eigenvalue weighted by Gasteiger charge is 2.09. The molecule has 0 radical (unpaired) electrons. The first-order valence-corrected chi connectivity index (χ1v) is 7.51. The summed E-state index contributed by atoms with van der Waals surface area (Å²) in [5, 5.41) is 2.67. The first-order chi connectivity index (χ1) is 9.70. The van der Waals surface area contributed by atoms with E-state index in [4.69, 9.17) is 22.1 Å². The van der Waals surface area contributed by atoms with Gasteiger partial charge >= 0.3 is 0 Å². The molecule has 4 nitrogen and oxygen atoms in total. The van der Waals surface area contributed by atoms with Crippen LogP contribution in [0.5, 0.6) is 5.75 Å². The van der Waals surface area contributed by atoms with E-state index in [1.807, 2.05) is 40.4 Å². The topological polar surface area (TPSA) is 52.5 Å². The van der Waals surface area contributed by atoms with E-state index in [1.54, 1.807) is 17.4 Å². The van der Waals surface area contributed by atoms with Crippen LogP contribution in [0.25, 0.3) is 4.96 Å². The van der Waals surface area contributed by atoms with Gasteiger partial charge in [-0.05, 0) is 18.2 Å². The van der Waals surface area contributed by atoms with Crippen LogP contribution in [0.15, 0.2) is 42.0 Å². The maximum atomic E-state index is 6.08. The molecule has 0 aliphatic carbocycles. The van der Waals surface area contributed by atoms with Crippen molar-refractivity contribution in [2.24, 2.45) is 5.73 Å². The lowest BCUT2D eigenvalue weighted by molar-refractivity contribution is 0.287. The van der Waals surface area contributed by atoms with Crippen molar-refractivity contribution >= 4 is 27.9 Å². The number of aromatic nitrogens is 2. The molecule has 0 bridgehead atoms. The van der Waals surface area contributed by atoms with Gasteiger partial charge in [0.25, 0.3) is 0 Å². The molecular weight excluding hydrogens is 294 g/mol. The average Bonchev–Trinajstić information content (AvgIpc) is 2.97. The van der Waals surface area contributed by atoms with E-state index in [9.17, 15) is 0 Å². The summed E-state index contributed by atoms with van der Waals surface area (Å²) in [5.41, 5.74) is 7.06. The maximum absolute atomic E-state index is 6.08. The lowest BCUT2D eigenvalue weighted by Gasteiger charge is -2.12. The van der Waals surface area contributed by atoms with Gasteiger partial charge in [0.1, 0.15) is 12.4 Å². The molecule has 6 heteroatoms. The van der Waals surface area contributed by atoms with Crippen molar-refractivity contribution < 1.29 is 4.74 Å². The van der Waals surface area contributed by atoms with Gasteiger partial charge in [-0.2, -0.15) is 0 Å². The van der Waals surface area contributed by atoms with E-state index in [2.05, 4.69) is 4.98 Å². The van der Waals surface area contributed by atoms with E-state index in [1.165, 1.54) is 0 Å². The number of thiazole rings is 1. The van der Waals surface area contributed by atoms with E-state index in [0.717, 1.165) is 16.4 Å². The Balaban J connectivity index is 1.57. The van der Waals surface area contributed by atoms with Crippen molar-refractivity contribution in [3.63, 3.8) is 0 Å². The second kappa shape index (κ2) is 5.83.